The largest absolute Gasteiger partial charge is 0.508 e. The molecule has 0 aliphatic heterocycles. The second kappa shape index (κ2) is 7.32. The number of carbonyl (C=O) groups is 1. The average Bonchev–Trinajstić information content (AvgIpc) is 2.40. The minimum atomic E-state index is 0.206. The quantitative estimate of drug-likeness (QED) is 0.913. The summed E-state index contributed by atoms with van der Waals surface area (Å²) < 4.78 is 0. The summed E-state index contributed by atoms with van der Waals surface area (Å²) in [6, 6.07) is 7.08. The first kappa shape index (κ1) is 14.9. The highest BCUT2D eigenvalue weighted by Crippen LogP contribution is 2.24. The lowest BCUT2D eigenvalue weighted by molar-refractivity contribution is -0.135. The van der Waals surface area contributed by atoms with E-state index < -0.39 is 0 Å². The van der Waals surface area contributed by atoms with Gasteiger partial charge in [-0.2, -0.15) is 0 Å². The van der Waals surface area contributed by atoms with Gasteiger partial charge in [0, 0.05) is 19.5 Å². The molecule has 3 nitrogen and oxygen atoms in total. The molecule has 0 atom stereocenters. The summed E-state index contributed by atoms with van der Waals surface area (Å²) in [5, 5.41) is 9.28. The van der Waals surface area contributed by atoms with Crippen molar-refractivity contribution in [2.45, 2.75) is 51.5 Å². The van der Waals surface area contributed by atoms with Crippen molar-refractivity contribution in [3.8, 4) is 5.75 Å². The van der Waals surface area contributed by atoms with Gasteiger partial charge in [-0.25, -0.2) is 0 Å². The first-order valence-corrected chi connectivity index (χ1v) is 7.69. The number of hydrogen-bond donors (Lipinski definition) is 1. The Labute approximate surface area is 121 Å². The molecule has 0 radical (unpaired) electrons. The second-order valence-corrected chi connectivity index (χ2v) is 5.90. The standard InChI is InChI=1S/C17H25NO2/c1-18(13-14-9-11-16(19)12-10-14)17(20)15-7-5-3-2-4-6-8-15/h9-12,15,19H,2-8,13H2,1H3. The van der Waals surface area contributed by atoms with E-state index in [1.54, 1.807) is 12.1 Å². The van der Waals surface area contributed by atoms with Crippen LogP contribution in [0.15, 0.2) is 24.3 Å². The highest BCUT2D eigenvalue weighted by molar-refractivity contribution is 5.78. The number of carbonyl (C=O) groups excluding carboxylic acids is 1. The van der Waals surface area contributed by atoms with Crippen molar-refractivity contribution in [2.24, 2.45) is 5.92 Å². The van der Waals surface area contributed by atoms with Crippen molar-refractivity contribution in [1.82, 2.24) is 4.90 Å². The summed E-state index contributed by atoms with van der Waals surface area (Å²) in [7, 11) is 1.88. The van der Waals surface area contributed by atoms with E-state index in [0.29, 0.717) is 6.54 Å². The Morgan fingerprint density at radius 3 is 2.25 bits per heavy atom. The van der Waals surface area contributed by atoms with E-state index in [1.807, 2.05) is 24.1 Å². The van der Waals surface area contributed by atoms with Crippen LogP contribution in [0.1, 0.15) is 50.5 Å². The maximum Gasteiger partial charge on any atom is 0.225 e. The summed E-state index contributed by atoms with van der Waals surface area (Å²) in [5.41, 5.74) is 1.06. The van der Waals surface area contributed by atoms with Gasteiger partial charge in [-0.15, -0.1) is 0 Å². The fourth-order valence-electron chi connectivity index (χ4n) is 2.97. The molecule has 1 aliphatic rings. The number of amides is 1. The normalized spacial score (nSPS) is 17.2. The lowest BCUT2D eigenvalue weighted by Crippen LogP contribution is -2.32. The van der Waals surface area contributed by atoms with Gasteiger partial charge >= 0.3 is 0 Å². The minimum Gasteiger partial charge on any atom is -0.508 e. The Hall–Kier alpha value is -1.51. The van der Waals surface area contributed by atoms with E-state index in [9.17, 15) is 9.90 Å². The third-order valence-corrected chi connectivity index (χ3v) is 4.19. The molecule has 1 saturated carbocycles. The van der Waals surface area contributed by atoms with E-state index in [4.69, 9.17) is 0 Å². The number of phenolic OH excluding ortho intramolecular Hbond substituents is 1. The monoisotopic (exact) mass is 275 g/mol. The molecule has 1 aromatic rings. The summed E-state index contributed by atoms with van der Waals surface area (Å²) in [4.78, 5) is 14.3. The molecule has 2 rings (SSSR count). The number of hydrogen-bond acceptors (Lipinski definition) is 2. The van der Waals surface area contributed by atoms with Crippen LogP contribution in [0.4, 0.5) is 0 Å². The first-order chi connectivity index (χ1) is 9.66. The molecule has 3 heteroatoms. The number of rotatable bonds is 3. The van der Waals surface area contributed by atoms with E-state index in [0.717, 1.165) is 18.4 Å². The van der Waals surface area contributed by atoms with Gasteiger partial charge in [0.05, 0.1) is 0 Å². The van der Waals surface area contributed by atoms with E-state index in [1.165, 1.54) is 32.1 Å². The summed E-state index contributed by atoms with van der Waals surface area (Å²) in [6.07, 6.45) is 8.31. The van der Waals surface area contributed by atoms with Crippen molar-refractivity contribution in [2.75, 3.05) is 7.05 Å². The Bertz CT molecular complexity index is 419. The van der Waals surface area contributed by atoms with E-state index >= 15 is 0 Å². The van der Waals surface area contributed by atoms with Crippen molar-refractivity contribution >= 4 is 5.91 Å². The molecule has 1 aliphatic carbocycles. The lowest BCUT2D eigenvalue weighted by atomic mass is 9.90. The average molecular weight is 275 g/mol. The Morgan fingerprint density at radius 2 is 1.65 bits per heavy atom. The van der Waals surface area contributed by atoms with Crippen LogP contribution in [0.25, 0.3) is 0 Å². The number of nitrogens with zero attached hydrogens (tertiary/aromatic N) is 1. The molecule has 20 heavy (non-hydrogen) atoms. The summed E-state index contributed by atoms with van der Waals surface area (Å²) >= 11 is 0. The third kappa shape index (κ3) is 4.26. The molecule has 0 bridgehead atoms. The topological polar surface area (TPSA) is 40.5 Å². The highest BCUT2D eigenvalue weighted by Gasteiger charge is 2.22. The zero-order chi connectivity index (χ0) is 14.4. The van der Waals surface area contributed by atoms with Crippen LogP contribution in [0.5, 0.6) is 5.75 Å². The van der Waals surface area contributed by atoms with Gasteiger partial charge in [-0.1, -0.05) is 44.2 Å². The Kier molecular flexibility index (Phi) is 5.45. The number of aromatic hydroxyl groups is 1. The predicted octanol–water partition coefficient (Wildman–Crippen LogP) is 3.71. The fourth-order valence-corrected chi connectivity index (χ4v) is 2.97. The molecule has 1 fully saturated rings. The number of benzene rings is 1. The van der Waals surface area contributed by atoms with Crippen molar-refractivity contribution in [3.05, 3.63) is 29.8 Å². The molecule has 0 unspecified atom stereocenters. The smallest absolute Gasteiger partial charge is 0.225 e. The van der Waals surface area contributed by atoms with E-state index in [-0.39, 0.29) is 17.6 Å². The van der Waals surface area contributed by atoms with Crippen LogP contribution in [0.2, 0.25) is 0 Å². The molecular formula is C17H25NO2. The first-order valence-electron chi connectivity index (χ1n) is 7.69. The predicted molar refractivity (Wildman–Crippen MR) is 80.4 cm³/mol. The van der Waals surface area contributed by atoms with Crippen molar-refractivity contribution in [3.63, 3.8) is 0 Å². The van der Waals surface area contributed by atoms with Crippen LogP contribution >= 0.6 is 0 Å². The molecule has 0 heterocycles. The minimum absolute atomic E-state index is 0.206. The zero-order valence-corrected chi connectivity index (χ0v) is 12.3. The van der Waals surface area contributed by atoms with Gasteiger partial charge in [0.2, 0.25) is 5.91 Å². The van der Waals surface area contributed by atoms with Gasteiger partial charge in [0.1, 0.15) is 5.75 Å². The van der Waals surface area contributed by atoms with Gasteiger partial charge < -0.3 is 10.0 Å². The molecule has 0 aromatic heterocycles. The van der Waals surface area contributed by atoms with Gasteiger partial charge in [-0.05, 0) is 30.5 Å². The molecule has 1 amide bonds. The second-order valence-electron chi connectivity index (χ2n) is 5.90. The lowest BCUT2D eigenvalue weighted by Gasteiger charge is -2.25. The van der Waals surface area contributed by atoms with Crippen molar-refractivity contribution < 1.29 is 9.90 Å². The molecule has 1 aromatic carbocycles. The van der Waals surface area contributed by atoms with Crippen LogP contribution in [-0.2, 0) is 11.3 Å². The molecular weight excluding hydrogens is 250 g/mol. The van der Waals surface area contributed by atoms with Gasteiger partial charge in [-0.3, -0.25) is 4.79 Å². The number of phenols is 1. The maximum atomic E-state index is 12.5. The van der Waals surface area contributed by atoms with Crippen LogP contribution < -0.4 is 0 Å². The van der Waals surface area contributed by atoms with Gasteiger partial charge in [0.25, 0.3) is 0 Å². The SMILES string of the molecule is CN(Cc1ccc(O)cc1)C(=O)C1CCCCCCC1. The highest BCUT2D eigenvalue weighted by atomic mass is 16.3. The van der Waals surface area contributed by atoms with Crippen LogP contribution in [0.3, 0.4) is 0 Å². The van der Waals surface area contributed by atoms with Crippen LogP contribution in [0, 0.1) is 5.92 Å². The molecule has 110 valence electrons. The third-order valence-electron chi connectivity index (χ3n) is 4.19. The summed E-state index contributed by atoms with van der Waals surface area (Å²) in [6.45, 7) is 0.621. The van der Waals surface area contributed by atoms with Crippen LogP contribution in [-0.4, -0.2) is 23.0 Å². The van der Waals surface area contributed by atoms with Gasteiger partial charge in [0.15, 0.2) is 0 Å². The molecule has 0 spiro atoms. The fraction of sp³-hybridized carbons (Fsp3) is 0.588. The zero-order valence-electron chi connectivity index (χ0n) is 12.3. The summed E-state index contributed by atoms with van der Waals surface area (Å²) in [5.74, 6) is 0.750. The Morgan fingerprint density at radius 1 is 1.10 bits per heavy atom. The van der Waals surface area contributed by atoms with E-state index in [2.05, 4.69) is 0 Å². The Balaban J connectivity index is 1.91. The van der Waals surface area contributed by atoms with Crippen molar-refractivity contribution in [1.29, 1.82) is 0 Å². The maximum absolute atomic E-state index is 12.5. The molecule has 0 saturated heterocycles. The molecule has 1 N–H and O–H groups in total.